The third-order valence-electron chi connectivity index (χ3n) is 13.3. The summed E-state index contributed by atoms with van der Waals surface area (Å²) in [5, 5.41) is 0. The molecule has 2 heteroatoms. The standard InChI is InChI=1S/C58H41NO/c1-57(2)48-24-12-9-22-44(48)46-32-30-42(37-53(46)57)59(54-27-15-11-21-43(54)39-19-7-4-8-20-39)41-31-34-50-47(36-41)45-23-10-13-25-49(45)58(50)51-26-14-16-28-55(51)60-56-35-40(29-33-52(56)58)38-17-5-3-6-18-38/h3-37H,1-2H3. The van der Waals surface area contributed by atoms with Gasteiger partial charge in [-0.15, -0.1) is 0 Å². The molecule has 0 saturated carbocycles. The van der Waals surface area contributed by atoms with Gasteiger partial charge in [0.05, 0.1) is 11.1 Å². The number of rotatable bonds is 5. The number of fused-ring (bicyclic) bond motifs is 12. The molecule has 0 aromatic heterocycles. The first-order valence-electron chi connectivity index (χ1n) is 20.9. The molecule has 1 spiro atoms. The van der Waals surface area contributed by atoms with Crippen molar-refractivity contribution >= 4 is 17.1 Å². The summed E-state index contributed by atoms with van der Waals surface area (Å²) in [4.78, 5) is 2.48. The average molecular weight is 768 g/mol. The molecule has 3 aliphatic rings. The van der Waals surface area contributed by atoms with Crippen LogP contribution >= 0.6 is 0 Å². The van der Waals surface area contributed by atoms with Crippen molar-refractivity contribution in [1.29, 1.82) is 0 Å². The van der Waals surface area contributed by atoms with E-state index in [4.69, 9.17) is 4.74 Å². The molecule has 1 aliphatic heterocycles. The van der Waals surface area contributed by atoms with Crippen LogP contribution in [0.4, 0.5) is 17.1 Å². The summed E-state index contributed by atoms with van der Waals surface area (Å²) in [6.07, 6.45) is 0. The Morgan fingerprint density at radius 3 is 1.65 bits per heavy atom. The largest absolute Gasteiger partial charge is 0.457 e. The third kappa shape index (κ3) is 4.88. The first-order chi connectivity index (χ1) is 29.5. The molecule has 0 amide bonds. The third-order valence-corrected chi connectivity index (χ3v) is 13.3. The van der Waals surface area contributed by atoms with Crippen LogP contribution in [0.2, 0.25) is 0 Å². The van der Waals surface area contributed by atoms with Gasteiger partial charge in [-0.3, -0.25) is 0 Å². The van der Waals surface area contributed by atoms with E-state index in [1.165, 1.54) is 61.2 Å². The Balaban J connectivity index is 1.10. The molecule has 2 aliphatic carbocycles. The number of anilines is 3. The van der Waals surface area contributed by atoms with Crippen molar-refractivity contribution in [2.75, 3.05) is 4.90 Å². The van der Waals surface area contributed by atoms with E-state index in [0.717, 1.165) is 45.3 Å². The molecule has 0 N–H and O–H groups in total. The summed E-state index contributed by atoms with van der Waals surface area (Å²) >= 11 is 0. The van der Waals surface area contributed by atoms with Gasteiger partial charge < -0.3 is 9.64 Å². The van der Waals surface area contributed by atoms with E-state index >= 15 is 0 Å². The molecule has 0 radical (unpaired) electrons. The number of hydrogen-bond donors (Lipinski definition) is 0. The predicted molar refractivity (Wildman–Crippen MR) is 247 cm³/mol. The van der Waals surface area contributed by atoms with Crippen LogP contribution in [-0.4, -0.2) is 0 Å². The minimum absolute atomic E-state index is 0.139. The number of benzene rings is 9. The van der Waals surface area contributed by atoms with Crippen LogP contribution in [0.25, 0.3) is 44.5 Å². The lowest BCUT2D eigenvalue weighted by Gasteiger charge is -2.39. The van der Waals surface area contributed by atoms with Crippen molar-refractivity contribution < 1.29 is 4.74 Å². The van der Waals surface area contributed by atoms with Gasteiger partial charge in [0.25, 0.3) is 0 Å². The first-order valence-corrected chi connectivity index (χ1v) is 20.9. The van der Waals surface area contributed by atoms with Crippen molar-refractivity contribution in [1.82, 2.24) is 0 Å². The number of para-hydroxylation sites is 2. The maximum atomic E-state index is 6.86. The second-order valence-electron chi connectivity index (χ2n) is 16.8. The van der Waals surface area contributed by atoms with Crippen LogP contribution in [0.15, 0.2) is 212 Å². The van der Waals surface area contributed by atoms with E-state index in [1.807, 2.05) is 0 Å². The van der Waals surface area contributed by atoms with Gasteiger partial charge in [0, 0.05) is 33.5 Å². The molecule has 0 bridgehead atoms. The van der Waals surface area contributed by atoms with E-state index in [9.17, 15) is 0 Å². The molecule has 1 atom stereocenters. The van der Waals surface area contributed by atoms with Crippen LogP contribution in [-0.2, 0) is 10.8 Å². The lowest BCUT2D eigenvalue weighted by Crippen LogP contribution is -2.32. The Labute approximate surface area is 351 Å². The molecular formula is C58H41NO. The molecule has 9 aromatic rings. The van der Waals surface area contributed by atoms with Crippen molar-refractivity contribution in [2.24, 2.45) is 0 Å². The van der Waals surface area contributed by atoms with Crippen molar-refractivity contribution in [2.45, 2.75) is 24.7 Å². The van der Waals surface area contributed by atoms with E-state index in [2.05, 4.69) is 231 Å². The fourth-order valence-corrected chi connectivity index (χ4v) is 10.6. The minimum Gasteiger partial charge on any atom is -0.457 e. The Morgan fingerprint density at radius 2 is 0.867 bits per heavy atom. The van der Waals surface area contributed by atoms with Crippen LogP contribution < -0.4 is 9.64 Å². The monoisotopic (exact) mass is 767 g/mol. The van der Waals surface area contributed by atoms with Crippen molar-refractivity contribution in [3.63, 3.8) is 0 Å². The Hall–Kier alpha value is -7.42. The highest BCUT2D eigenvalue weighted by Crippen LogP contribution is 2.63. The number of ether oxygens (including phenoxy) is 1. The van der Waals surface area contributed by atoms with Crippen molar-refractivity contribution in [3.8, 4) is 56.0 Å². The van der Waals surface area contributed by atoms with Gasteiger partial charge in [0.15, 0.2) is 0 Å². The van der Waals surface area contributed by atoms with Gasteiger partial charge in [-0.05, 0) is 104 Å². The Kier molecular flexibility index (Phi) is 7.52. The summed E-state index contributed by atoms with van der Waals surface area (Å²) in [6, 6.07) is 77.8. The van der Waals surface area contributed by atoms with E-state index in [0.29, 0.717) is 0 Å². The van der Waals surface area contributed by atoms with Gasteiger partial charge >= 0.3 is 0 Å². The summed E-state index contributed by atoms with van der Waals surface area (Å²) in [5.74, 6) is 1.78. The quantitative estimate of drug-likeness (QED) is 0.173. The average Bonchev–Trinajstić information content (AvgIpc) is 3.72. The summed E-state index contributed by atoms with van der Waals surface area (Å²) < 4.78 is 6.86. The SMILES string of the molecule is CC1(C)c2ccccc2-c2ccc(N(c3ccc4c(c3)-c3ccccc3C43c4ccccc4Oc4cc(-c5ccccc5)ccc43)c3ccccc3-c3ccccc3)cc21. The van der Waals surface area contributed by atoms with E-state index in [-0.39, 0.29) is 5.41 Å². The topological polar surface area (TPSA) is 12.5 Å². The molecule has 9 aromatic carbocycles. The van der Waals surface area contributed by atoms with Crippen molar-refractivity contribution in [3.05, 3.63) is 246 Å². The summed E-state index contributed by atoms with van der Waals surface area (Å²) in [6.45, 7) is 4.73. The zero-order valence-corrected chi connectivity index (χ0v) is 33.6. The van der Waals surface area contributed by atoms with Crippen LogP contribution in [0.3, 0.4) is 0 Å². The van der Waals surface area contributed by atoms with E-state index in [1.54, 1.807) is 0 Å². The van der Waals surface area contributed by atoms with Gasteiger partial charge in [0.2, 0.25) is 0 Å². The predicted octanol–water partition coefficient (Wildman–Crippen LogP) is 15.3. The molecule has 0 saturated heterocycles. The second kappa shape index (κ2) is 13.0. The van der Waals surface area contributed by atoms with Crippen LogP contribution in [0, 0.1) is 0 Å². The summed E-state index contributed by atoms with van der Waals surface area (Å²) in [5.41, 5.74) is 20.0. The lowest BCUT2D eigenvalue weighted by atomic mass is 9.66. The molecule has 2 nitrogen and oxygen atoms in total. The van der Waals surface area contributed by atoms with E-state index < -0.39 is 5.41 Å². The van der Waals surface area contributed by atoms with Gasteiger partial charge in [-0.25, -0.2) is 0 Å². The van der Waals surface area contributed by atoms with Gasteiger partial charge in [-0.1, -0.05) is 184 Å². The fraction of sp³-hybridized carbons (Fsp3) is 0.0690. The highest BCUT2D eigenvalue weighted by Gasteiger charge is 2.51. The first kappa shape index (κ1) is 34.6. The molecule has 284 valence electrons. The molecule has 60 heavy (non-hydrogen) atoms. The van der Waals surface area contributed by atoms with Crippen LogP contribution in [0.1, 0.15) is 47.2 Å². The Bertz CT molecular complexity index is 3160. The minimum atomic E-state index is -0.569. The van der Waals surface area contributed by atoms with Crippen LogP contribution in [0.5, 0.6) is 11.5 Å². The lowest BCUT2D eigenvalue weighted by molar-refractivity contribution is 0.436. The summed E-state index contributed by atoms with van der Waals surface area (Å²) in [7, 11) is 0. The smallest absolute Gasteiger partial charge is 0.132 e. The number of nitrogens with zero attached hydrogens (tertiary/aromatic N) is 1. The normalized spacial score (nSPS) is 15.8. The highest BCUT2D eigenvalue weighted by molar-refractivity contribution is 5.95. The Morgan fingerprint density at radius 1 is 0.333 bits per heavy atom. The molecule has 1 heterocycles. The molecular weight excluding hydrogens is 727 g/mol. The maximum Gasteiger partial charge on any atom is 0.132 e. The zero-order valence-electron chi connectivity index (χ0n) is 33.6. The number of hydrogen-bond acceptors (Lipinski definition) is 2. The molecule has 1 unspecified atom stereocenters. The fourth-order valence-electron chi connectivity index (χ4n) is 10.6. The maximum absolute atomic E-state index is 6.86. The zero-order chi connectivity index (χ0) is 40.0. The van der Waals surface area contributed by atoms with Gasteiger partial charge in [-0.2, -0.15) is 0 Å². The second-order valence-corrected chi connectivity index (χ2v) is 16.8. The molecule has 0 fully saturated rings. The van der Waals surface area contributed by atoms with Gasteiger partial charge in [0.1, 0.15) is 11.5 Å². The highest BCUT2D eigenvalue weighted by atomic mass is 16.5. The molecule has 12 rings (SSSR count).